The molecule has 0 radical (unpaired) electrons. The van der Waals surface area contributed by atoms with Gasteiger partial charge in [-0.05, 0) is 18.6 Å². The van der Waals surface area contributed by atoms with Gasteiger partial charge in [-0.2, -0.15) is 0 Å². The second-order valence-electron chi connectivity index (χ2n) is 3.24. The summed E-state index contributed by atoms with van der Waals surface area (Å²) in [5.41, 5.74) is 0.718. The van der Waals surface area contributed by atoms with E-state index in [1.54, 1.807) is 18.4 Å². The fourth-order valence-corrected chi connectivity index (χ4v) is 1.30. The smallest absolute Gasteiger partial charge is 0.274 e. The van der Waals surface area contributed by atoms with Crippen LogP contribution in [0.4, 0.5) is 0 Å². The molecule has 0 aliphatic carbocycles. The molecule has 86 valence electrons. The zero-order valence-corrected chi connectivity index (χ0v) is 9.26. The van der Waals surface area contributed by atoms with Gasteiger partial charge in [-0.3, -0.25) is 4.79 Å². The number of aliphatic hydroxyl groups is 1. The molecule has 0 aromatic rings. The fraction of sp³-hybridized carbons (Fsp3) is 0.250. The van der Waals surface area contributed by atoms with E-state index < -0.39 is 12.1 Å². The van der Waals surface area contributed by atoms with E-state index in [4.69, 9.17) is 0 Å². The first-order valence-electron chi connectivity index (χ1n) is 5.13. The van der Waals surface area contributed by atoms with E-state index >= 15 is 0 Å². The van der Waals surface area contributed by atoms with Crippen molar-refractivity contribution in [2.45, 2.75) is 19.6 Å². The van der Waals surface area contributed by atoms with Gasteiger partial charge in [0.05, 0.1) is 0 Å². The standard InChI is InChI=1S/C12H16N2O2/c1-3-5-7-10(6-4-2)14-9-8-13-11(15)12(14)16/h4-9,12,16H,2-3H2,1H3,(H,13,15)/b7-5+,10-6+. The molecule has 1 aliphatic rings. The van der Waals surface area contributed by atoms with Crippen LogP contribution in [0.5, 0.6) is 0 Å². The van der Waals surface area contributed by atoms with Gasteiger partial charge in [0.15, 0.2) is 0 Å². The first-order valence-corrected chi connectivity index (χ1v) is 5.13. The summed E-state index contributed by atoms with van der Waals surface area (Å²) < 4.78 is 0. The van der Waals surface area contributed by atoms with Crippen molar-refractivity contribution in [2.75, 3.05) is 0 Å². The van der Waals surface area contributed by atoms with Crippen molar-refractivity contribution < 1.29 is 9.90 Å². The highest BCUT2D eigenvalue weighted by molar-refractivity contribution is 5.82. The summed E-state index contributed by atoms with van der Waals surface area (Å²) in [4.78, 5) is 12.7. The van der Waals surface area contributed by atoms with Gasteiger partial charge in [-0.15, -0.1) is 0 Å². The molecule has 0 bridgehead atoms. The Hall–Kier alpha value is -1.81. The normalized spacial score (nSPS) is 21.4. The molecule has 1 atom stereocenters. The monoisotopic (exact) mass is 220 g/mol. The van der Waals surface area contributed by atoms with E-state index in [1.807, 2.05) is 19.1 Å². The third-order valence-corrected chi connectivity index (χ3v) is 2.07. The summed E-state index contributed by atoms with van der Waals surface area (Å²) in [6.45, 7) is 5.62. The Kier molecular flexibility index (Phi) is 4.54. The lowest BCUT2D eigenvalue weighted by atomic mass is 10.2. The molecule has 0 aromatic heterocycles. The maximum atomic E-state index is 11.3. The maximum absolute atomic E-state index is 11.3. The van der Waals surface area contributed by atoms with Gasteiger partial charge < -0.3 is 15.3 Å². The van der Waals surface area contributed by atoms with Crippen molar-refractivity contribution in [3.8, 4) is 0 Å². The number of carbonyl (C=O) groups is 1. The minimum Gasteiger partial charge on any atom is -0.365 e. The Morgan fingerprint density at radius 2 is 2.50 bits per heavy atom. The van der Waals surface area contributed by atoms with Crippen LogP contribution < -0.4 is 5.32 Å². The zero-order chi connectivity index (χ0) is 12.0. The lowest BCUT2D eigenvalue weighted by molar-refractivity contribution is -0.135. The Morgan fingerprint density at radius 1 is 1.75 bits per heavy atom. The maximum Gasteiger partial charge on any atom is 0.274 e. The van der Waals surface area contributed by atoms with Crippen molar-refractivity contribution in [1.82, 2.24) is 10.2 Å². The van der Waals surface area contributed by atoms with E-state index in [1.165, 1.54) is 11.1 Å². The first kappa shape index (κ1) is 12.3. The van der Waals surface area contributed by atoms with Crippen LogP contribution >= 0.6 is 0 Å². The number of amides is 1. The van der Waals surface area contributed by atoms with Crippen LogP contribution in [0, 0.1) is 0 Å². The summed E-state index contributed by atoms with van der Waals surface area (Å²) in [6, 6.07) is 0. The predicted octanol–water partition coefficient (Wildman–Crippen LogP) is 1.24. The molecule has 0 fully saturated rings. The lowest BCUT2D eigenvalue weighted by Crippen LogP contribution is -2.45. The quantitative estimate of drug-likeness (QED) is 0.701. The summed E-state index contributed by atoms with van der Waals surface area (Å²) in [6.07, 6.45) is 9.93. The first-order chi connectivity index (χ1) is 7.70. The summed E-state index contributed by atoms with van der Waals surface area (Å²) >= 11 is 0. The van der Waals surface area contributed by atoms with Crippen molar-refractivity contribution in [1.29, 1.82) is 0 Å². The van der Waals surface area contributed by atoms with Gasteiger partial charge in [-0.25, -0.2) is 0 Å². The minimum absolute atomic E-state index is 0.442. The molecule has 4 nitrogen and oxygen atoms in total. The Balaban J connectivity index is 2.94. The van der Waals surface area contributed by atoms with Crippen LogP contribution in [0.1, 0.15) is 13.3 Å². The van der Waals surface area contributed by atoms with Crippen LogP contribution in [0.15, 0.2) is 49.0 Å². The Bertz CT molecular complexity index is 356. The van der Waals surface area contributed by atoms with Gasteiger partial charge in [0.2, 0.25) is 6.23 Å². The molecule has 2 N–H and O–H groups in total. The number of hydrogen-bond acceptors (Lipinski definition) is 3. The van der Waals surface area contributed by atoms with Gasteiger partial charge in [0, 0.05) is 18.1 Å². The number of nitrogens with zero attached hydrogens (tertiary/aromatic N) is 1. The van der Waals surface area contributed by atoms with Crippen molar-refractivity contribution in [2.24, 2.45) is 0 Å². The Morgan fingerprint density at radius 3 is 3.12 bits per heavy atom. The van der Waals surface area contributed by atoms with Crippen LogP contribution in [0.3, 0.4) is 0 Å². The predicted molar refractivity (Wildman–Crippen MR) is 62.8 cm³/mol. The van der Waals surface area contributed by atoms with E-state index in [-0.39, 0.29) is 0 Å². The average molecular weight is 220 g/mol. The molecule has 0 saturated carbocycles. The third-order valence-electron chi connectivity index (χ3n) is 2.07. The molecule has 1 unspecified atom stereocenters. The molecule has 1 rings (SSSR count). The number of nitrogens with one attached hydrogen (secondary N) is 1. The van der Waals surface area contributed by atoms with Gasteiger partial charge in [0.1, 0.15) is 0 Å². The highest BCUT2D eigenvalue weighted by Gasteiger charge is 2.24. The van der Waals surface area contributed by atoms with Crippen LogP contribution in [0.2, 0.25) is 0 Å². The van der Waals surface area contributed by atoms with Crippen LogP contribution in [-0.4, -0.2) is 22.1 Å². The highest BCUT2D eigenvalue weighted by atomic mass is 16.3. The number of rotatable bonds is 4. The molecule has 0 aromatic carbocycles. The lowest BCUT2D eigenvalue weighted by Gasteiger charge is -2.29. The second-order valence-corrected chi connectivity index (χ2v) is 3.24. The molecule has 4 heteroatoms. The van der Waals surface area contributed by atoms with E-state index in [0.29, 0.717) is 0 Å². The number of hydrogen-bond donors (Lipinski definition) is 2. The van der Waals surface area contributed by atoms with Gasteiger partial charge in [-0.1, -0.05) is 25.7 Å². The van der Waals surface area contributed by atoms with Gasteiger partial charge in [0.25, 0.3) is 5.91 Å². The molecule has 1 heterocycles. The number of aliphatic hydroxyl groups excluding tert-OH is 1. The zero-order valence-electron chi connectivity index (χ0n) is 9.26. The number of carbonyl (C=O) groups excluding carboxylic acids is 1. The van der Waals surface area contributed by atoms with Crippen molar-refractivity contribution in [3.05, 3.63) is 49.0 Å². The molecular formula is C12H16N2O2. The minimum atomic E-state index is -1.20. The van der Waals surface area contributed by atoms with E-state index in [2.05, 4.69) is 11.9 Å². The molecule has 16 heavy (non-hydrogen) atoms. The number of allylic oxidation sites excluding steroid dienone is 4. The van der Waals surface area contributed by atoms with Crippen molar-refractivity contribution in [3.63, 3.8) is 0 Å². The van der Waals surface area contributed by atoms with Crippen LogP contribution in [-0.2, 0) is 4.79 Å². The third kappa shape index (κ3) is 2.84. The highest BCUT2D eigenvalue weighted by Crippen LogP contribution is 2.14. The fourth-order valence-electron chi connectivity index (χ4n) is 1.30. The summed E-state index contributed by atoms with van der Waals surface area (Å²) in [7, 11) is 0. The Labute approximate surface area is 95.3 Å². The summed E-state index contributed by atoms with van der Waals surface area (Å²) in [5, 5.41) is 12.1. The molecule has 0 saturated heterocycles. The molecule has 1 aliphatic heterocycles. The SMILES string of the molecule is C=C/C=C(\C=C\CC)N1C=CNC(=O)C1O. The van der Waals surface area contributed by atoms with E-state index in [0.717, 1.165) is 12.1 Å². The molecular weight excluding hydrogens is 204 g/mol. The molecule has 0 spiro atoms. The topological polar surface area (TPSA) is 52.6 Å². The van der Waals surface area contributed by atoms with E-state index in [9.17, 15) is 9.90 Å². The van der Waals surface area contributed by atoms with Crippen molar-refractivity contribution >= 4 is 5.91 Å². The largest absolute Gasteiger partial charge is 0.365 e. The summed E-state index contributed by atoms with van der Waals surface area (Å²) in [5.74, 6) is -0.442. The average Bonchev–Trinajstić information content (AvgIpc) is 2.28. The van der Waals surface area contributed by atoms with Crippen LogP contribution in [0.25, 0.3) is 0 Å². The van der Waals surface area contributed by atoms with Gasteiger partial charge >= 0.3 is 0 Å². The second kappa shape index (κ2) is 5.92. The molecule has 1 amide bonds.